The Bertz CT molecular complexity index is 754. The number of fused-ring (bicyclic) bond motifs is 2. The first-order chi connectivity index (χ1) is 10.5. The number of carbonyl (C=O) groups is 2. The van der Waals surface area contributed by atoms with Crippen LogP contribution in [0.3, 0.4) is 0 Å². The molecule has 0 bridgehead atoms. The molecule has 3 rings (SSSR count). The predicted molar refractivity (Wildman–Crippen MR) is 84.8 cm³/mol. The highest BCUT2D eigenvalue weighted by molar-refractivity contribution is 6.34. The van der Waals surface area contributed by atoms with E-state index in [0.717, 1.165) is 0 Å². The van der Waals surface area contributed by atoms with Crippen molar-refractivity contribution in [1.29, 1.82) is 0 Å². The van der Waals surface area contributed by atoms with Crippen LogP contribution in [0.5, 0.6) is 0 Å². The van der Waals surface area contributed by atoms with Gasteiger partial charge in [-0.3, -0.25) is 19.2 Å². The quantitative estimate of drug-likeness (QED) is 0.866. The van der Waals surface area contributed by atoms with Crippen molar-refractivity contribution in [2.75, 3.05) is 10.2 Å². The SMILES string of the molecule is CCn1ncc2c1C(=O)Nc1ccccc1N2C(=O)C(C)Cl. The van der Waals surface area contributed by atoms with Crippen molar-refractivity contribution in [3.8, 4) is 0 Å². The summed E-state index contributed by atoms with van der Waals surface area (Å²) in [7, 11) is 0. The highest BCUT2D eigenvalue weighted by Gasteiger charge is 2.33. The maximum absolute atomic E-state index is 12.6. The van der Waals surface area contributed by atoms with Gasteiger partial charge >= 0.3 is 0 Å². The Morgan fingerprint density at radius 1 is 1.36 bits per heavy atom. The number of nitrogens with one attached hydrogen (secondary N) is 1. The summed E-state index contributed by atoms with van der Waals surface area (Å²) in [6, 6.07) is 7.13. The van der Waals surface area contributed by atoms with E-state index in [1.165, 1.54) is 11.1 Å². The van der Waals surface area contributed by atoms with Gasteiger partial charge < -0.3 is 5.32 Å². The van der Waals surface area contributed by atoms with E-state index in [0.29, 0.717) is 29.3 Å². The van der Waals surface area contributed by atoms with Gasteiger partial charge in [-0.25, -0.2) is 0 Å². The minimum atomic E-state index is -0.723. The first-order valence-electron chi connectivity index (χ1n) is 6.98. The van der Waals surface area contributed by atoms with Crippen molar-refractivity contribution in [1.82, 2.24) is 9.78 Å². The number of benzene rings is 1. The maximum Gasteiger partial charge on any atom is 0.276 e. The molecule has 0 saturated heterocycles. The van der Waals surface area contributed by atoms with Crippen LogP contribution in [0.2, 0.25) is 0 Å². The second-order valence-corrected chi connectivity index (χ2v) is 5.61. The van der Waals surface area contributed by atoms with Crippen molar-refractivity contribution in [3.63, 3.8) is 0 Å². The summed E-state index contributed by atoms with van der Waals surface area (Å²) in [5.74, 6) is -0.596. The van der Waals surface area contributed by atoms with Crippen molar-refractivity contribution in [2.45, 2.75) is 25.8 Å². The van der Waals surface area contributed by atoms with Crippen LogP contribution in [-0.4, -0.2) is 27.0 Å². The lowest BCUT2D eigenvalue weighted by Crippen LogP contribution is -2.32. The summed E-state index contributed by atoms with van der Waals surface area (Å²) >= 11 is 6.00. The number of carbonyl (C=O) groups excluding carboxylic acids is 2. The van der Waals surface area contributed by atoms with E-state index in [9.17, 15) is 9.59 Å². The van der Waals surface area contributed by atoms with E-state index in [-0.39, 0.29) is 11.8 Å². The van der Waals surface area contributed by atoms with E-state index >= 15 is 0 Å². The zero-order chi connectivity index (χ0) is 15.9. The monoisotopic (exact) mass is 318 g/mol. The van der Waals surface area contributed by atoms with E-state index in [2.05, 4.69) is 10.4 Å². The Hall–Kier alpha value is -2.34. The summed E-state index contributed by atoms with van der Waals surface area (Å²) in [6.07, 6.45) is 1.53. The molecule has 0 saturated carbocycles. The fraction of sp³-hybridized carbons (Fsp3) is 0.267. The van der Waals surface area contributed by atoms with Crippen molar-refractivity contribution in [3.05, 3.63) is 36.2 Å². The smallest absolute Gasteiger partial charge is 0.276 e. The summed E-state index contributed by atoms with van der Waals surface area (Å²) in [5, 5.41) is 6.30. The molecule has 2 aromatic rings. The van der Waals surface area contributed by atoms with Gasteiger partial charge in [-0.05, 0) is 26.0 Å². The Labute approximate surface area is 132 Å². The zero-order valence-electron chi connectivity index (χ0n) is 12.2. The lowest BCUT2D eigenvalue weighted by Gasteiger charge is -2.23. The number of hydrogen-bond acceptors (Lipinski definition) is 3. The number of aromatic nitrogens is 2. The minimum Gasteiger partial charge on any atom is -0.319 e. The molecule has 6 nitrogen and oxygen atoms in total. The molecule has 7 heteroatoms. The molecule has 1 atom stereocenters. The minimum absolute atomic E-state index is 0.292. The van der Waals surface area contributed by atoms with Gasteiger partial charge in [-0.1, -0.05) is 12.1 Å². The molecule has 0 aliphatic carbocycles. The Kier molecular flexibility index (Phi) is 3.62. The van der Waals surface area contributed by atoms with Crippen molar-refractivity contribution >= 4 is 40.5 Å². The lowest BCUT2D eigenvalue weighted by atomic mass is 10.2. The second-order valence-electron chi connectivity index (χ2n) is 4.96. The summed E-state index contributed by atoms with van der Waals surface area (Å²) < 4.78 is 1.57. The second kappa shape index (κ2) is 5.46. The van der Waals surface area contributed by atoms with Gasteiger partial charge in [0, 0.05) is 6.54 Å². The maximum atomic E-state index is 12.6. The van der Waals surface area contributed by atoms with Gasteiger partial charge in [0.25, 0.3) is 5.91 Å². The van der Waals surface area contributed by atoms with Crippen LogP contribution < -0.4 is 10.2 Å². The fourth-order valence-corrected chi connectivity index (χ4v) is 2.61. The van der Waals surface area contributed by atoms with E-state index < -0.39 is 5.38 Å². The van der Waals surface area contributed by atoms with Crippen LogP contribution in [0.1, 0.15) is 24.3 Å². The van der Waals surface area contributed by atoms with Gasteiger partial charge in [-0.15, -0.1) is 11.6 Å². The number of anilines is 3. The van der Waals surface area contributed by atoms with E-state index in [1.54, 1.807) is 35.9 Å². The summed E-state index contributed by atoms with van der Waals surface area (Å²) in [6.45, 7) is 4.02. The number of halogens is 1. The van der Waals surface area contributed by atoms with Crippen LogP contribution >= 0.6 is 11.6 Å². The van der Waals surface area contributed by atoms with Gasteiger partial charge in [0.05, 0.1) is 17.6 Å². The normalized spacial score (nSPS) is 14.7. The molecule has 0 spiro atoms. The number of alkyl halides is 1. The first kappa shape index (κ1) is 14.6. The van der Waals surface area contributed by atoms with E-state index in [1.807, 2.05) is 6.92 Å². The molecule has 0 fully saturated rings. The Morgan fingerprint density at radius 3 is 2.77 bits per heavy atom. The topological polar surface area (TPSA) is 67.2 Å². The molecule has 1 aliphatic rings. The van der Waals surface area contributed by atoms with Crippen LogP contribution in [-0.2, 0) is 11.3 Å². The van der Waals surface area contributed by atoms with Gasteiger partial charge in [-0.2, -0.15) is 5.10 Å². The zero-order valence-corrected chi connectivity index (χ0v) is 13.0. The molecule has 0 radical (unpaired) electrons. The number of amides is 2. The molecule has 114 valence electrons. The largest absolute Gasteiger partial charge is 0.319 e. The third-order valence-corrected chi connectivity index (χ3v) is 3.72. The van der Waals surface area contributed by atoms with Crippen molar-refractivity contribution in [2.24, 2.45) is 0 Å². The molecule has 1 N–H and O–H groups in total. The highest BCUT2D eigenvalue weighted by atomic mass is 35.5. The number of nitrogens with zero attached hydrogens (tertiary/aromatic N) is 3. The molecule has 2 heterocycles. The number of hydrogen-bond donors (Lipinski definition) is 1. The average molecular weight is 319 g/mol. The molecule has 22 heavy (non-hydrogen) atoms. The van der Waals surface area contributed by atoms with Gasteiger partial charge in [0.1, 0.15) is 11.1 Å². The number of para-hydroxylation sites is 2. The molecule has 1 unspecified atom stereocenters. The fourth-order valence-electron chi connectivity index (χ4n) is 2.51. The lowest BCUT2D eigenvalue weighted by molar-refractivity contribution is -0.117. The van der Waals surface area contributed by atoms with Crippen LogP contribution in [0.15, 0.2) is 30.5 Å². The summed E-state index contributed by atoms with van der Waals surface area (Å²) in [5.41, 5.74) is 1.95. The Morgan fingerprint density at radius 2 is 2.09 bits per heavy atom. The van der Waals surface area contributed by atoms with Gasteiger partial charge in [0.15, 0.2) is 5.69 Å². The van der Waals surface area contributed by atoms with Crippen LogP contribution in [0, 0.1) is 0 Å². The first-order valence-corrected chi connectivity index (χ1v) is 7.42. The van der Waals surface area contributed by atoms with Crippen LogP contribution in [0.4, 0.5) is 17.1 Å². The molecular formula is C15H15ClN4O2. The average Bonchev–Trinajstić information content (AvgIpc) is 2.87. The molecule has 1 aliphatic heterocycles. The Balaban J connectivity index is 2.27. The third-order valence-electron chi connectivity index (χ3n) is 3.53. The highest BCUT2D eigenvalue weighted by Crippen LogP contribution is 2.38. The molecule has 1 aromatic heterocycles. The van der Waals surface area contributed by atoms with Crippen LogP contribution in [0.25, 0.3) is 0 Å². The van der Waals surface area contributed by atoms with Crippen molar-refractivity contribution < 1.29 is 9.59 Å². The van der Waals surface area contributed by atoms with E-state index in [4.69, 9.17) is 11.6 Å². The van der Waals surface area contributed by atoms with Gasteiger partial charge in [0.2, 0.25) is 5.91 Å². The predicted octanol–water partition coefficient (Wildman–Crippen LogP) is 2.76. The third kappa shape index (κ3) is 2.16. The molecular weight excluding hydrogens is 304 g/mol. The molecule has 2 amide bonds. The standard InChI is InChI=1S/C15H15ClN4O2/c1-3-19-13-12(8-17-19)20(15(22)9(2)16)11-7-5-4-6-10(11)18-14(13)21/h4-9H,3H2,1-2H3,(H,18,21). The molecule has 1 aromatic carbocycles. The number of aryl methyl sites for hydroxylation is 1. The number of rotatable bonds is 2. The summed E-state index contributed by atoms with van der Waals surface area (Å²) in [4.78, 5) is 26.6.